The Labute approximate surface area is 209 Å². The van der Waals surface area contributed by atoms with Crippen molar-refractivity contribution in [2.24, 2.45) is 4.99 Å². The molecule has 2 aliphatic heterocycles. The molecule has 8 heteroatoms. The van der Waals surface area contributed by atoms with Gasteiger partial charge in [-0.3, -0.25) is 4.79 Å². The van der Waals surface area contributed by atoms with E-state index in [1.165, 1.54) is 23.9 Å². The number of rotatable bonds is 7. The monoisotopic (exact) mass is 493 g/mol. The van der Waals surface area contributed by atoms with Gasteiger partial charge in [-0.1, -0.05) is 54.2 Å². The largest absolute Gasteiger partial charge is 0.459 e. The molecule has 1 atom stereocenters. The molecule has 2 heterocycles. The molecule has 4 rings (SSSR count). The zero-order chi connectivity index (χ0) is 25.1. The number of nitrogens with zero attached hydrogens (tertiary/aromatic N) is 3. The van der Waals surface area contributed by atoms with Crippen molar-refractivity contribution in [2.75, 3.05) is 7.05 Å². The SMILES string of the molecule is CC1=C(C(=O)OC(C)C)[C@H](c2cccc(F)c2)N2C(CC(=O)N(C)Cc3ccccc3)=CSC2=N1. The molecule has 0 saturated heterocycles. The van der Waals surface area contributed by atoms with E-state index in [0.29, 0.717) is 34.2 Å². The maximum absolute atomic E-state index is 14.3. The number of amides is 1. The van der Waals surface area contributed by atoms with Crippen molar-refractivity contribution in [1.82, 2.24) is 9.80 Å². The van der Waals surface area contributed by atoms with Crippen LogP contribution in [0.1, 0.15) is 44.4 Å². The minimum absolute atomic E-state index is 0.0717. The third kappa shape index (κ3) is 5.48. The summed E-state index contributed by atoms with van der Waals surface area (Å²) in [7, 11) is 1.77. The van der Waals surface area contributed by atoms with E-state index in [1.807, 2.05) is 40.6 Å². The first-order valence-corrected chi connectivity index (χ1v) is 12.3. The van der Waals surface area contributed by atoms with Crippen molar-refractivity contribution >= 4 is 28.8 Å². The summed E-state index contributed by atoms with van der Waals surface area (Å²) < 4.78 is 19.8. The number of carbonyl (C=O) groups is 2. The lowest BCUT2D eigenvalue weighted by Crippen LogP contribution is -2.38. The minimum atomic E-state index is -0.655. The molecule has 0 saturated carbocycles. The number of fused-ring (bicyclic) bond motifs is 1. The van der Waals surface area contributed by atoms with Crippen LogP contribution in [0.4, 0.5) is 4.39 Å². The van der Waals surface area contributed by atoms with Crippen molar-refractivity contribution in [2.45, 2.75) is 45.9 Å². The summed E-state index contributed by atoms with van der Waals surface area (Å²) in [5.41, 5.74) is 3.19. The van der Waals surface area contributed by atoms with Crippen LogP contribution >= 0.6 is 11.8 Å². The zero-order valence-corrected chi connectivity index (χ0v) is 21.0. The van der Waals surface area contributed by atoms with Crippen LogP contribution in [0.2, 0.25) is 0 Å². The molecular weight excluding hydrogens is 465 g/mol. The van der Waals surface area contributed by atoms with Crippen molar-refractivity contribution in [3.8, 4) is 0 Å². The number of aliphatic imine (C=N–C) groups is 1. The van der Waals surface area contributed by atoms with Gasteiger partial charge in [-0.25, -0.2) is 14.2 Å². The van der Waals surface area contributed by atoms with Crippen LogP contribution in [-0.2, 0) is 20.9 Å². The van der Waals surface area contributed by atoms with E-state index in [-0.39, 0.29) is 18.4 Å². The molecule has 0 bridgehead atoms. The van der Waals surface area contributed by atoms with Gasteiger partial charge in [0.25, 0.3) is 0 Å². The lowest BCUT2D eigenvalue weighted by molar-refractivity contribution is -0.143. The van der Waals surface area contributed by atoms with Gasteiger partial charge in [0.15, 0.2) is 5.17 Å². The van der Waals surface area contributed by atoms with Crippen molar-refractivity contribution in [1.29, 1.82) is 0 Å². The fourth-order valence-corrected chi connectivity index (χ4v) is 5.10. The number of carbonyl (C=O) groups excluding carboxylic acids is 2. The van der Waals surface area contributed by atoms with Crippen LogP contribution in [-0.4, -0.2) is 40.0 Å². The lowest BCUT2D eigenvalue weighted by atomic mass is 9.93. The van der Waals surface area contributed by atoms with Gasteiger partial charge in [0.2, 0.25) is 5.91 Å². The molecule has 0 fully saturated rings. The highest BCUT2D eigenvalue weighted by Gasteiger charge is 2.41. The predicted octanol–water partition coefficient (Wildman–Crippen LogP) is 5.40. The third-order valence-corrected chi connectivity index (χ3v) is 6.64. The summed E-state index contributed by atoms with van der Waals surface area (Å²) in [4.78, 5) is 34.5. The van der Waals surface area contributed by atoms with E-state index in [2.05, 4.69) is 4.99 Å². The average molecular weight is 494 g/mol. The lowest BCUT2D eigenvalue weighted by Gasteiger charge is -2.36. The van der Waals surface area contributed by atoms with Gasteiger partial charge in [-0.15, -0.1) is 0 Å². The van der Waals surface area contributed by atoms with Crippen LogP contribution in [0.15, 0.2) is 82.0 Å². The molecule has 2 aromatic carbocycles. The van der Waals surface area contributed by atoms with Gasteiger partial charge in [0.05, 0.1) is 29.8 Å². The van der Waals surface area contributed by atoms with Gasteiger partial charge >= 0.3 is 5.97 Å². The van der Waals surface area contributed by atoms with Crippen molar-refractivity contribution in [3.05, 3.63) is 93.9 Å². The second-order valence-electron chi connectivity index (χ2n) is 8.81. The van der Waals surface area contributed by atoms with Gasteiger partial charge in [0.1, 0.15) is 5.82 Å². The summed E-state index contributed by atoms with van der Waals surface area (Å²) in [6.07, 6.45) is -0.204. The average Bonchev–Trinajstić information content (AvgIpc) is 3.20. The molecule has 1 amide bonds. The molecule has 0 unspecified atom stereocenters. The van der Waals surface area contributed by atoms with Crippen molar-refractivity contribution in [3.63, 3.8) is 0 Å². The fraction of sp³-hybridized carbons (Fsp3) is 0.296. The summed E-state index contributed by atoms with van der Waals surface area (Å²) in [5.74, 6) is -0.979. The first-order chi connectivity index (χ1) is 16.7. The summed E-state index contributed by atoms with van der Waals surface area (Å²) in [6, 6.07) is 15.3. The zero-order valence-electron chi connectivity index (χ0n) is 20.2. The Morgan fingerprint density at radius 3 is 2.60 bits per heavy atom. The highest BCUT2D eigenvalue weighted by Crippen LogP contribution is 2.45. The highest BCUT2D eigenvalue weighted by atomic mass is 32.2. The summed E-state index contributed by atoms with van der Waals surface area (Å²) in [5, 5.41) is 2.52. The van der Waals surface area contributed by atoms with E-state index in [1.54, 1.807) is 44.9 Å². The minimum Gasteiger partial charge on any atom is -0.459 e. The number of benzene rings is 2. The van der Waals surface area contributed by atoms with E-state index >= 15 is 0 Å². The first kappa shape index (κ1) is 24.7. The molecule has 0 aromatic heterocycles. The topological polar surface area (TPSA) is 62.2 Å². The second kappa shape index (κ2) is 10.5. The molecule has 0 aliphatic carbocycles. The Kier molecular flexibility index (Phi) is 7.40. The normalized spacial score (nSPS) is 17.2. The maximum atomic E-state index is 14.3. The summed E-state index contributed by atoms with van der Waals surface area (Å²) >= 11 is 1.39. The van der Waals surface area contributed by atoms with Crippen molar-refractivity contribution < 1.29 is 18.7 Å². The number of halogens is 1. The molecule has 35 heavy (non-hydrogen) atoms. The van der Waals surface area contributed by atoms with E-state index in [0.717, 1.165) is 5.56 Å². The fourth-order valence-electron chi connectivity index (χ4n) is 4.14. The van der Waals surface area contributed by atoms with Gasteiger partial charge < -0.3 is 14.5 Å². The van der Waals surface area contributed by atoms with Crippen LogP contribution < -0.4 is 0 Å². The number of hydrogen-bond acceptors (Lipinski definition) is 6. The number of esters is 1. The van der Waals surface area contributed by atoms with E-state index in [9.17, 15) is 14.0 Å². The Morgan fingerprint density at radius 2 is 1.91 bits per heavy atom. The maximum Gasteiger partial charge on any atom is 0.338 e. The Hall–Kier alpha value is -3.39. The number of allylic oxidation sites excluding steroid dienone is 1. The molecule has 0 N–H and O–H groups in total. The standard InChI is InChI=1S/C27H28FN3O3S/c1-17(2)34-26(33)24-18(3)29-27-31(25(24)20-11-8-12-21(28)13-20)22(16-35-27)14-23(32)30(4)15-19-9-6-5-7-10-19/h5-13,16-17,25H,14-15H2,1-4H3/t25-/m0/s1. The smallest absolute Gasteiger partial charge is 0.338 e. The number of thioether (sulfide) groups is 1. The van der Waals surface area contributed by atoms with Gasteiger partial charge in [-0.05, 0) is 49.4 Å². The molecule has 2 aliphatic rings. The van der Waals surface area contributed by atoms with E-state index in [4.69, 9.17) is 4.74 Å². The molecular formula is C27H28FN3O3S. The van der Waals surface area contributed by atoms with Crippen LogP contribution in [0, 0.1) is 5.82 Å². The quantitative estimate of drug-likeness (QED) is 0.483. The van der Waals surface area contributed by atoms with Crippen LogP contribution in [0.3, 0.4) is 0 Å². The first-order valence-electron chi connectivity index (χ1n) is 11.4. The van der Waals surface area contributed by atoms with Gasteiger partial charge in [-0.2, -0.15) is 0 Å². The van der Waals surface area contributed by atoms with Gasteiger partial charge in [0, 0.05) is 19.3 Å². The molecule has 0 radical (unpaired) electrons. The molecule has 182 valence electrons. The summed E-state index contributed by atoms with van der Waals surface area (Å²) in [6.45, 7) is 5.80. The Morgan fingerprint density at radius 1 is 1.17 bits per heavy atom. The Balaban J connectivity index is 1.65. The number of amidine groups is 1. The number of ether oxygens (including phenoxy) is 1. The Bertz CT molecular complexity index is 1220. The molecule has 0 spiro atoms. The van der Waals surface area contributed by atoms with Crippen LogP contribution in [0.25, 0.3) is 0 Å². The third-order valence-electron chi connectivity index (χ3n) is 5.75. The number of hydrogen-bond donors (Lipinski definition) is 0. The highest BCUT2D eigenvalue weighted by molar-refractivity contribution is 8.16. The molecule has 6 nitrogen and oxygen atoms in total. The van der Waals surface area contributed by atoms with E-state index < -0.39 is 17.8 Å². The second-order valence-corrected chi connectivity index (χ2v) is 9.65. The predicted molar refractivity (Wildman–Crippen MR) is 136 cm³/mol. The molecule has 2 aromatic rings. The van der Waals surface area contributed by atoms with Crippen LogP contribution in [0.5, 0.6) is 0 Å².